The van der Waals surface area contributed by atoms with Crippen molar-refractivity contribution in [2.75, 3.05) is 0 Å². The Balaban J connectivity index is 2.96. The zero-order valence-electron chi connectivity index (χ0n) is 5.91. The molecule has 0 amide bonds. The van der Waals surface area contributed by atoms with Crippen LogP contribution in [-0.2, 0) is 12.2 Å². The predicted octanol–water partition coefficient (Wildman–Crippen LogP) is 1.47. The molecule has 0 aliphatic heterocycles. The van der Waals surface area contributed by atoms with E-state index < -0.39 is 0 Å². The summed E-state index contributed by atoms with van der Waals surface area (Å²) in [6, 6.07) is 0. The van der Waals surface area contributed by atoms with E-state index in [4.69, 9.17) is 0 Å². The van der Waals surface area contributed by atoms with Gasteiger partial charge in [-0.15, -0.1) is 0 Å². The fourth-order valence-electron chi connectivity index (χ4n) is 0.823. The van der Waals surface area contributed by atoms with Crippen LogP contribution in [0.4, 0.5) is 0 Å². The van der Waals surface area contributed by atoms with Gasteiger partial charge in [0, 0.05) is 18.1 Å². The Hall–Kier alpha value is -0.570. The number of hydrogen-bond donors (Lipinski definition) is 1. The second-order valence-electron chi connectivity index (χ2n) is 1.96. The van der Waals surface area contributed by atoms with Crippen molar-refractivity contribution in [2.45, 2.75) is 19.1 Å². The molecule has 0 aromatic carbocycles. The molecule has 0 N–H and O–H groups in total. The lowest BCUT2D eigenvalue weighted by atomic mass is 10.3. The van der Waals surface area contributed by atoms with Gasteiger partial charge in [-0.25, -0.2) is 0 Å². The number of aryl methyl sites for hydroxylation is 1. The maximum absolute atomic E-state index is 4.16. The van der Waals surface area contributed by atoms with Crippen LogP contribution in [-0.4, -0.2) is 9.97 Å². The van der Waals surface area contributed by atoms with Gasteiger partial charge in [-0.05, 0) is 6.42 Å². The molecule has 0 radical (unpaired) electrons. The minimum Gasteiger partial charge on any atom is -0.258 e. The first-order valence-electron chi connectivity index (χ1n) is 3.28. The molecule has 0 unspecified atom stereocenters. The molecule has 0 saturated heterocycles. The maximum Gasteiger partial charge on any atom is 0.0714 e. The molecule has 0 bridgehead atoms. The second-order valence-corrected chi connectivity index (χ2v) is 2.28. The van der Waals surface area contributed by atoms with Crippen LogP contribution in [0.1, 0.15) is 18.3 Å². The van der Waals surface area contributed by atoms with Crippen LogP contribution in [0.2, 0.25) is 0 Å². The molecule has 0 saturated carbocycles. The van der Waals surface area contributed by atoms with Crippen LogP contribution >= 0.6 is 12.6 Å². The third-order valence-corrected chi connectivity index (χ3v) is 1.64. The second kappa shape index (κ2) is 3.56. The SMILES string of the molecule is CCc1nccnc1CS. The van der Waals surface area contributed by atoms with E-state index in [0.717, 1.165) is 17.8 Å². The Bertz CT molecular complexity index is 190. The largest absolute Gasteiger partial charge is 0.258 e. The average Bonchev–Trinajstić information content (AvgIpc) is 2.04. The Labute approximate surface area is 66.1 Å². The van der Waals surface area contributed by atoms with Crippen molar-refractivity contribution < 1.29 is 0 Å². The summed E-state index contributed by atoms with van der Waals surface area (Å²) in [5.74, 6) is 0.678. The monoisotopic (exact) mass is 154 g/mol. The smallest absolute Gasteiger partial charge is 0.0714 e. The molecule has 0 aliphatic carbocycles. The molecule has 1 aromatic rings. The van der Waals surface area contributed by atoms with Gasteiger partial charge in [0.2, 0.25) is 0 Å². The van der Waals surface area contributed by atoms with Crippen molar-refractivity contribution in [1.29, 1.82) is 0 Å². The molecule has 0 fully saturated rings. The van der Waals surface area contributed by atoms with Crippen LogP contribution in [0.5, 0.6) is 0 Å². The van der Waals surface area contributed by atoms with Gasteiger partial charge in [0.1, 0.15) is 0 Å². The summed E-state index contributed by atoms with van der Waals surface area (Å²) in [6.07, 6.45) is 4.35. The molecule has 0 spiro atoms. The molecule has 0 aliphatic rings. The summed E-state index contributed by atoms with van der Waals surface area (Å²) in [7, 11) is 0. The molecule has 1 rings (SSSR count). The van der Waals surface area contributed by atoms with Crippen LogP contribution in [0.3, 0.4) is 0 Å². The minimum absolute atomic E-state index is 0.678. The molecule has 10 heavy (non-hydrogen) atoms. The zero-order valence-corrected chi connectivity index (χ0v) is 6.80. The average molecular weight is 154 g/mol. The van der Waals surface area contributed by atoms with Gasteiger partial charge < -0.3 is 0 Å². The van der Waals surface area contributed by atoms with Crippen molar-refractivity contribution in [3.8, 4) is 0 Å². The number of hydrogen-bond acceptors (Lipinski definition) is 3. The number of thiol groups is 1. The third-order valence-electron chi connectivity index (χ3n) is 1.35. The highest BCUT2D eigenvalue weighted by atomic mass is 32.1. The van der Waals surface area contributed by atoms with Gasteiger partial charge in [0.15, 0.2) is 0 Å². The topological polar surface area (TPSA) is 25.8 Å². The fourth-order valence-corrected chi connectivity index (χ4v) is 1.09. The lowest BCUT2D eigenvalue weighted by molar-refractivity contribution is 0.951. The normalized spacial score (nSPS) is 9.80. The van der Waals surface area contributed by atoms with Gasteiger partial charge in [-0.2, -0.15) is 12.6 Å². The summed E-state index contributed by atoms with van der Waals surface area (Å²) < 4.78 is 0. The zero-order chi connectivity index (χ0) is 7.40. The van der Waals surface area contributed by atoms with E-state index in [1.807, 2.05) is 0 Å². The molecule has 54 valence electrons. The third kappa shape index (κ3) is 1.48. The highest BCUT2D eigenvalue weighted by molar-refractivity contribution is 7.79. The molecule has 1 aromatic heterocycles. The number of aromatic nitrogens is 2. The van der Waals surface area contributed by atoms with E-state index in [0.29, 0.717) is 5.75 Å². The van der Waals surface area contributed by atoms with E-state index in [2.05, 4.69) is 29.5 Å². The molecular formula is C7H10N2S. The Morgan fingerprint density at radius 3 is 2.30 bits per heavy atom. The van der Waals surface area contributed by atoms with Crippen molar-refractivity contribution >= 4 is 12.6 Å². The standard InChI is InChI=1S/C7H10N2S/c1-2-6-7(5-10)9-4-3-8-6/h3-4,10H,2,5H2,1H3. The Kier molecular flexibility index (Phi) is 2.68. The van der Waals surface area contributed by atoms with Gasteiger partial charge in [-0.3, -0.25) is 9.97 Å². The van der Waals surface area contributed by atoms with E-state index in [1.54, 1.807) is 12.4 Å². The van der Waals surface area contributed by atoms with Gasteiger partial charge >= 0.3 is 0 Å². The number of nitrogens with zero attached hydrogens (tertiary/aromatic N) is 2. The van der Waals surface area contributed by atoms with Crippen LogP contribution in [0.25, 0.3) is 0 Å². The van der Waals surface area contributed by atoms with Crippen molar-refractivity contribution in [3.05, 3.63) is 23.8 Å². The van der Waals surface area contributed by atoms with Crippen molar-refractivity contribution in [3.63, 3.8) is 0 Å². The van der Waals surface area contributed by atoms with E-state index in [-0.39, 0.29) is 0 Å². The molecule has 3 heteroatoms. The lowest BCUT2D eigenvalue weighted by Gasteiger charge is -1.99. The quantitative estimate of drug-likeness (QED) is 0.653. The summed E-state index contributed by atoms with van der Waals surface area (Å²) in [5.41, 5.74) is 2.05. The summed E-state index contributed by atoms with van der Waals surface area (Å²) in [6.45, 7) is 2.07. The fraction of sp³-hybridized carbons (Fsp3) is 0.429. The van der Waals surface area contributed by atoms with Gasteiger partial charge in [0.05, 0.1) is 11.4 Å². The molecule has 1 heterocycles. The van der Waals surface area contributed by atoms with Crippen LogP contribution < -0.4 is 0 Å². The Morgan fingerprint density at radius 1 is 1.30 bits per heavy atom. The van der Waals surface area contributed by atoms with Crippen molar-refractivity contribution in [1.82, 2.24) is 9.97 Å². The highest BCUT2D eigenvalue weighted by Gasteiger charge is 1.98. The molecule has 0 atom stereocenters. The predicted molar refractivity (Wildman–Crippen MR) is 44.1 cm³/mol. The first-order valence-corrected chi connectivity index (χ1v) is 3.91. The minimum atomic E-state index is 0.678. The Morgan fingerprint density at radius 2 is 1.90 bits per heavy atom. The van der Waals surface area contributed by atoms with Gasteiger partial charge in [0.25, 0.3) is 0 Å². The summed E-state index contributed by atoms with van der Waals surface area (Å²) >= 11 is 4.13. The number of rotatable bonds is 2. The first kappa shape index (κ1) is 7.54. The van der Waals surface area contributed by atoms with E-state index >= 15 is 0 Å². The van der Waals surface area contributed by atoms with E-state index in [9.17, 15) is 0 Å². The van der Waals surface area contributed by atoms with Crippen LogP contribution in [0.15, 0.2) is 12.4 Å². The molecular weight excluding hydrogens is 144 g/mol. The summed E-state index contributed by atoms with van der Waals surface area (Å²) in [4.78, 5) is 8.29. The molecule has 2 nitrogen and oxygen atoms in total. The summed E-state index contributed by atoms with van der Waals surface area (Å²) in [5, 5.41) is 0. The van der Waals surface area contributed by atoms with Crippen LogP contribution in [0, 0.1) is 0 Å². The maximum atomic E-state index is 4.16. The highest BCUT2D eigenvalue weighted by Crippen LogP contribution is 2.04. The first-order chi connectivity index (χ1) is 4.88. The lowest BCUT2D eigenvalue weighted by Crippen LogP contribution is -1.95. The van der Waals surface area contributed by atoms with Crippen molar-refractivity contribution in [2.24, 2.45) is 0 Å². The van der Waals surface area contributed by atoms with Gasteiger partial charge in [-0.1, -0.05) is 6.92 Å². The van der Waals surface area contributed by atoms with E-state index in [1.165, 1.54) is 0 Å².